The Morgan fingerprint density at radius 3 is 2.41 bits per heavy atom. The fourth-order valence-corrected chi connectivity index (χ4v) is 3.93. The van der Waals surface area contributed by atoms with Gasteiger partial charge in [-0.25, -0.2) is 4.99 Å². The average Bonchev–Trinajstić information content (AvgIpc) is 3.24. The Morgan fingerprint density at radius 1 is 1.09 bits per heavy atom. The molecule has 0 radical (unpaired) electrons. The minimum atomic E-state index is -1.04. The lowest BCUT2D eigenvalue weighted by Crippen LogP contribution is -2.45. The molecule has 176 valence electrons. The highest BCUT2D eigenvalue weighted by molar-refractivity contribution is 5.79. The summed E-state index contributed by atoms with van der Waals surface area (Å²) in [5.74, 6) is 0.697. The summed E-state index contributed by atoms with van der Waals surface area (Å²) >= 11 is 0. The number of guanidine groups is 1. The van der Waals surface area contributed by atoms with Crippen molar-refractivity contribution in [2.45, 2.75) is 39.5 Å². The molecule has 32 heavy (non-hydrogen) atoms. The maximum Gasteiger partial charge on any atom is 0.191 e. The molecule has 0 amide bonds. The Bertz CT molecular complexity index is 869. The summed E-state index contributed by atoms with van der Waals surface area (Å²) < 4.78 is 1.70. The summed E-state index contributed by atoms with van der Waals surface area (Å²) in [5, 5.41) is 21.6. The first-order valence-corrected chi connectivity index (χ1v) is 11.7. The van der Waals surface area contributed by atoms with Gasteiger partial charge in [-0.05, 0) is 31.5 Å². The molecule has 1 saturated heterocycles. The van der Waals surface area contributed by atoms with Gasteiger partial charge in [0, 0.05) is 58.1 Å². The molecule has 3 N–H and O–H groups in total. The standard InChI is InChI=1S/C24H39N7O/c1-5-25-23(27-19-24(3,32)22-16-28-29(4)18-22)26-15-20-9-7-8-10-21(20)17-31-13-11-30(6-2)12-14-31/h7-10,16,18,32H,5-6,11-15,17,19H2,1-4H3,(H2,25,26,27). The van der Waals surface area contributed by atoms with Crippen LogP contribution in [0.1, 0.15) is 37.5 Å². The molecular formula is C24H39N7O. The lowest BCUT2D eigenvalue weighted by atomic mass is 10.00. The molecule has 0 spiro atoms. The predicted molar refractivity (Wildman–Crippen MR) is 129 cm³/mol. The smallest absolute Gasteiger partial charge is 0.191 e. The van der Waals surface area contributed by atoms with E-state index >= 15 is 0 Å². The third-order valence-electron chi connectivity index (χ3n) is 6.10. The SMILES string of the molecule is CCNC(=NCc1ccccc1CN1CCN(CC)CC1)NCC(C)(O)c1cnn(C)c1. The highest BCUT2D eigenvalue weighted by atomic mass is 16.3. The summed E-state index contributed by atoms with van der Waals surface area (Å²) in [5.41, 5.74) is 2.31. The van der Waals surface area contributed by atoms with Crippen molar-refractivity contribution >= 4 is 5.96 Å². The molecule has 0 saturated carbocycles. The van der Waals surface area contributed by atoms with Crippen molar-refractivity contribution < 1.29 is 5.11 Å². The number of aryl methyl sites for hydroxylation is 1. The number of hydrogen-bond acceptors (Lipinski definition) is 5. The lowest BCUT2D eigenvalue weighted by molar-refractivity contribution is 0.0616. The first kappa shape index (κ1) is 24.2. The summed E-state index contributed by atoms with van der Waals surface area (Å²) in [6, 6.07) is 8.57. The van der Waals surface area contributed by atoms with E-state index in [2.05, 4.69) is 56.7 Å². The Labute approximate surface area is 192 Å². The van der Waals surface area contributed by atoms with E-state index in [1.165, 1.54) is 11.1 Å². The zero-order valence-electron chi connectivity index (χ0n) is 20.0. The van der Waals surface area contributed by atoms with Gasteiger partial charge in [0.2, 0.25) is 0 Å². The van der Waals surface area contributed by atoms with E-state index in [9.17, 15) is 5.11 Å². The summed E-state index contributed by atoms with van der Waals surface area (Å²) in [7, 11) is 1.85. The van der Waals surface area contributed by atoms with Crippen LogP contribution in [0.5, 0.6) is 0 Å². The molecule has 1 aromatic carbocycles. The predicted octanol–water partition coefficient (Wildman–Crippen LogP) is 1.52. The van der Waals surface area contributed by atoms with Crippen molar-refractivity contribution in [2.75, 3.05) is 45.8 Å². The molecule has 1 aromatic heterocycles. The molecule has 1 aliphatic rings. The van der Waals surface area contributed by atoms with E-state index < -0.39 is 5.60 Å². The Balaban J connectivity index is 1.62. The molecule has 8 nitrogen and oxygen atoms in total. The maximum absolute atomic E-state index is 10.9. The van der Waals surface area contributed by atoms with Crippen LogP contribution in [-0.4, -0.2) is 76.5 Å². The van der Waals surface area contributed by atoms with Crippen LogP contribution in [0.25, 0.3) is 0 Å². The van der Waals surface area contributed by atoms with E-state index in [0.717, 1.165) is 51.4 Å². The van der Waals surface area contributed by atoms with Crippen LogP contribution in [0.3, 0.4) is 0 Å². The molecule has 1 aliphatic heterocycles. The normalized spacial score (nSPS) is 17.8. The van der Waals surface area contributed by atoms with E-state index in [4.69, 9.17) is 4.99 Å². The summed E-state index contributed by atoms with van der Waals surface area (Å²) in [6.45, 7) is 14.3. The number of nitrogens with one attached hydrogen (secondary N) is 2. The van der Waals surface area contributed by atoms with Crippen LogP contribution in [-0.2, 0) is 25.7 Å². The number of rotatable bonds is 9. The van der Waals surface area contributed by atoms with Crippen molar-refractivity contribution in [2.24, 2.45) is 12.0 Å². The van der Waals surface area contributed by atoms with Crippen LogP contribution in [0.15, 0.2) is 41.7 Å². The first-order valence-electron chi connectivity index (χ1n) is 11.7. The zero-order chi connectivity index (χ0) is 23.0. The van der Waals surface area contributed by atoms with Crippen LogP contribution in [0, 0.1) is 0 Å². The number of aromatic nitrogens is 2. The van der Waals surface area contributed by atoms with Crippen molar-refractivity contribution in [3.8, 4) is 0 Å². The number of nitrogens with zero attached hydrogens (tertiary/aromatic N) is 5. The van der Waals surface area contributed by atoms with Gasteiger partial charge in [-0.3, -0.25) is 9.58 Å². The number of benzene rings is 1. The molecule has 0 aliphatic carbocycles. The summed E-state index contributed by atoms with van der Waals surface area (Å²) in [4.78, 5) is 9.83. The van der Waals surface area contributed by atoms with Gasteiger partial charge in [0.15, 0.2) is 5.96 Å². The molecule has 2 aromatic rings. The van der Waals surface area contributed by atoms with Gasteiger partial charge in [0.25, 0.3) is 0 Å². The second-order valence-electron chi connectivity index (χ2n) is 8.70. The lowest BCUT2D eigenvalue weighted by Gasteiger charge is -2.34. The molecule has 1 atom stereocenters. The highest BCUT2D eigenvalue weighted by Crippen LogP contribution is 2.18. The van der Waals surface area contributed by atoms with Crippen molar-refractivity contribution in [3.05, 3.63) is 53.3 Å². The third-order valence-corrected chi connectivity index (χ3v) is 6.10. The fourth-order valence-electron chi connectivity index (χ4n) is 3.93. The first-order chi connectivity index (χ1) is 15.4. The second kappa shape index (κ2) is 11.4. The fraction of sp³-hybridized carbons (Fsp3) is 0.583. The van der Waals surface area contributed by atoms with Crippen LogP contribution in [0.4, 0.5) is 0 Å². The average molecular weight is 442 g/mol. The van der Waals surface area contributed by atoms with Gasteiger partial charge in [0.05, 0.1) is 19.3 Å². The largest absolute Gasteiger partial charge is 0.383 e. The third kappa shape index (κ3) is 6.79. The minimum Gasteiger partial charge on any atom is -0.383 e. The molecule has 8 heteroatoms. The molecule has 0 bridgehead atoms. The Kier molecular flexibility index (Phi) is 8.67. The summed E-state index contributed by atoms with van der Waals surface area (Å²) in [6.07, 6.45) is 3.53. The zero-order valence-corrected chi connectivity index (χ0v) is 20.0. The van der Waals surface area contributed by atoms with Gasteiger partial charge in [-0.2, -0.15) is 5.10 Å². The number of hydrogen-bond donors (Lipinski definition) is 3. The molecule has 2 heterocycles. The minimum absolute atomic E-state index is 0.341. The van der Waals surface area contributed by atoms with Gasteiger partial charge in [-0.1, -0.05) is 31.2 Å². The van der Waals surface area contributed by atoms with E-state index in [1.807, 2.05) is 20.2 Å². The van der Waals surface area contributed by atoms with Crippen LogP contribution < -0.4 is 10.6 Å². The molecule has 3 rings (SSSR count). The van der Waals surface area contributed by atoms with Gasteiger partial charge < -0.3 is 20.6 Å². The number of aliphatic hydroxyl groups is 1. The van der Waals surface area contributed by atoms with Gasteiger partial charge in [-0.15, -0.1) is 0 Å². The number of likely N-dealkylation sites (N-methyl/N-ethyl adjacent to an activating group) is 1. The van der Waals surface area contributed by atoms with Gasteiger partial charge >= 0.3 is 0 Å². The number of aliphatic imine (C=N–C) groups is 1. The van der Waals surface area contributed by atoms with Crippen molar-refractivity contribution in [1.29, 1.82) is 0 Å². The van der Waals surface area contributed by atoms with E-state index in [1.54, 1.807) is 17.8 Å². The quantitative estimate of drug-likeness (QED) is 0.404. The van der Waals surface area contributed by atoms with Crippen molar-refractivity contribution in [3.63, 3.8) is 0 Å². The van der Waals surface area contributed by atoms with Gasteiger partial charge in [0.1, 0.15) is 5.60 Å². The monoisotopic (exact) mass is 441 g/mol. The highest BCUT2D eigenvalue weighted by Gasteiger charge is 2.25. The van der Waals surface area contributed by atoms with Crippen molar-refractivity contribution in [1.82, 2.24) is 30.2 Å². The molecule has 1 fully saturated rings. The molecule has 1 unspecified atom stereocenters. The topological polar surface area (TPSA) is 81.0 Å². The Morgan fingerprint density at radius 2 is 1.78 bits per heavy atom. The number of piperazine rings is 1. The van der Waals surface area contributed by atoms with Crippen LogP contribution >= 0.6 is 0 Å². The van der Waals surface area contributed by atoms with E-state index in [-0.39, 0.29) is 0 Å². The maximum atomic E-state index is 10.9. The molecular weight excluding hydrogens is 402 g/mol. The van der Waals surface area contributed by atoms with E-state index in [0.29, 0.717) is 19.0 Å². The Hall–Kier alpha value is -2.42. The van der Waals surface area contributed by atoms with Crippen LogP contribution in [0.2, 0.25) is 0 Å². The second-order valence-corrected chi connectivity index (χ2v) is 8.70.